The molecule has 0 spiro atoms. The zero-order valence-electron chi connectivity index (χ0n) is 30.1. The largest absolute Gasteiger partial charge is 0.457 e. The summed E-state index contributed by atoms with van der Waals surface area (Å²) in [5, 5.41) is 16.1. The molecule has 1 saturated heterocycles. The first-order valence-electron chi connectivity index (χ1n) is 17.6. The van der Waals surface area contributed by atoms with Crippen LogP contribution in [0.4, 0.5) is 5.69 Å². The minimum atomic E-state index is -1.08. The monoisotopic (exact) mass is 660 g/mol. The highest BCUT2D eigenvalue weighted by atomic mass is 16.6. The Hall–Kier alpha value is -3.62. The van der Waals surface area contributed by atoms with Gasteiger partial charge in [-0.25, -0.2) is 0 Å². The minimum Gasteiger partial charge on any atom is -0.457 e. The molecule has 0 unspecified atom stereocenters. The summed E-state index contributed by atoms with van der Waals surface area (Å²) in [6, 6.07) is 7.19. The Balaban J connectivity index is 1.80. The van der Waals surface area contributed by atoms with Crippen molar-refractivity contribution in [2.24, 2.45) is 23.7 Å². The van der Waals surface area contributed by atoms with Gasteiger partial charge in [-0.3, -0.25) is 14.3 Å². The number of allylic oxidation sites excluding steroid dienone is 1. The molecular formula is C37H57BN6O4. The zero-order chi connectivity index (χ0) is 35.4. The van der Waals surface area contributed by atoms with Gasteiger partial charge in [-0.1, -0.05) is 56.4 Å². The van der Waals surface area contributed by atoms with Crippen molar-refractivity contribution >= 4 is 25.3 Å². The Morgan fingerprint density at radius 3 is 2.71 bits per heavy atom. The van der Waals surface area contributed by atoms with E-state index in [2.05, 4.69) is 55.3 Å². The fourth-order valence-electron chi connectivity index (χ4n) is 7.10. The molecule has 262 valence electrons. The molecule has 2 heterocycles. The first kappa shape index (κ1) is 38.8. The summed E-state index contributed by atoms with van der Waals surface area (Å²) in [6.07, 6.45) is 15.3. The van der Waals surface area contributed by atoms with Gasteiger partial charge in [-0.05, 0) is 89.9 Å². The van der Waals surface area contributed by atoms with E-state index >= 15 is 0 Å². The summed E-state index contributed by atoms with van der Waals surface area (Å²) in [5.41, 5.74) is 7.25. The molecule has 9 atom stereocenters. The number of Topliss-reactive ketones (excluding diaryl/α,β-unsaturated/α-hetero) is 1. The second-order valence-corrected chi connectivity index (χ2v) is 14.0. The molecule has 1 aliphatic heterocycles. The van der Waals surface area contributed by atoms with Crippen molar-refractivity contribution in [3.05, 3.63) is 43.1 Å². The number of hydrogen-bond donors (Lipinski definition) is 3. The fourth-order valence-corrected chi connectivity index (χ4v) is 7.10. The van der Waals surface area contributed by atoms with Crippen LogP contribution in [0.2, 0.25) is 5.82 Å². The topological polar surface area (TPSA) is 133 Å². The third kappa shape index (κ3) is 9.96. The van der Waals surface area contributed by atoms with E-state index in [1.807, 2.05) is 62.0 Å². The average Bonchev–Trinajstić information content (AvgIpc) is 3.54. The molecule has 0 bridgehead atoms. The average molecular weight is 661 g/mol. The highest BCUT2D eigenvalue weighted by Gasteiger charge is 2.48. The predicted octanol–water partition coefficient (Wildman–Crippen LogP) is 4.43. The second-order valence-electron chi connectivity index (χ2n) is 14.0. The third-order valence-electron chi connectivity index (χ3n) is 10.3. The van der Waals surface area contributed by atoms with Crippen LogP contribution in [0.5, 0.6) is 0 Å². The van der Waals surface area contributed by atoms with E-state index in [0.29, 0.717) is 31.1 Å². The normalized spacial score (nSPS) is 30.8. The number of rotatable bonds is 11. The number of ether oxygens (including phenoxy) is 2. The molecule has 0 aliphatic carbocycles. The van der Waals surface area contributed by atoms with Crippen LogP contribution in [0.3, 0.4) is 0 Å². The van der Waals surface area contributed by atoms with Crippen molar-refractivity contribution in [3.63, 3.8) is 0 Å². The predicted molar refractivity (Wildman–Crippen MR) is 195 cm³/mol. The number of aromatic nitrogens is 3. The molecule has 1 aliphatic rings. The van der Waals surface area contributed by atoms with Crippen molar-refractivity contribution in [1.29, 1.82) is 0 Å². The van der Waals surface area contributed by atoms with Gasteiger partial charge in [0.15, 0.2) is 5.60 Å². The molecule has 11 heteroatoms. The highest BCUT2D eigenvalue weighted by Crippen LogP contribution is 2.35. The van der Waals surface area contributed by atoms with Crippen molar-refractivity contribution in [1.82, 2.24) is 25.6 Å². The Morgan fingerprint density at radius 2 is 2.04 bits per heavy atom. The van der Waals surface area contributed by atoms with Crippen molar-refractivity contribution in [3.8, 4) is 23.8 Å². The number of ketones is 1. The van der Waals surface area contributed by atoms with Crippen LogP contribution in [0, 0.1) is 36.2 Å². The number of aryl methyl sites for hydroxylation is 1. The van der Waals surface area contributed by atoms with Crippen molar-refractivity contribution in [2.45, 2.75) is 110 Å². The van der Waals surface area contributed by atoms with E-state index < -0.39 is 23.6 Å². The Bertz CT molecular complexity index is 1390. The molecule has 3 rings (SSSR count). The SMILES string of the molecule is B[C@H]1[C@@H](CC=C)C[C@@H](C)CN[C@H](C)[C@@H](NCCCCn2cc(-c3cccc(N)c3)nn2)[C@](C)(OC#C)[C@@H](CC)OC(=O)[C@H](C)C(=O)[C@@H]1C. The van der Waals surface area contributed by atoms with Gasteiger partial charge in [-0.2, -0.15) is 0 Å². The van der Waals surface area contributed by atoms with E-state index in [0.717, 1.165) is 43.5 Å². The van der Waals surface area contributed by atoms with Crippen LogP contribution in [-0.4, -0.2) is 71.5 Å². The Labute approximate surface area is 288 Å². The van der Waals surface area contributed by atoms with Crippen LogP contribution in [0.1, 0.15) is 73.6 Å². The number of hydrogen-bond acceptors (Lipinski definition) is 9. The van der Waals surface area contributed by atoms with E-state index in [1.165, 1.54) is 0 Å². The molecule has 0 saturated carbocycles. The molecule has 0 radical (unpaired) electrons. The number of carbonyl (C=O) groups is 2. The number of nitrogens with two attached hydrogens (primary N) is 1. The quantitative estimate of drug-likeness (QED) is 0.0609. The van der Waals surface area contributed by atoms with Gasteiger partial charge >= 0.3 is 5.97 Å². The molecule has 1 aromatic heterocycles. The summed E-state index contributed by atoms with van der Waals surface area (Å²) in [5.74, 6) is -1.17. The maximum absolute atomic E-state index is 13.6. The summed E-state index contributed by atoms with van der Waals surface area (Å²) in [7, 11) is 2.11. The molecule has 1 aromatic carbocycles. The molecule has 0 amide bonds. The van der Waals surface area contributed by atoms with Crippen molar-refractivity contribution < 1.29 is 19.1 Å². The van der Waals surface area contributed by atoms with E-state index in [-0.39, 0.29) is 35.5 Å². The number of carbonyl (C=O) groups excluding carboxylic acids is 2. The number of nitrogens with one attached hydrogen (secondary N) is 2. The maximum atomic E-state index is 13.6. The van der Waals surface area contributed by atoms with Gasteiger partial charge in [0.2, 0.25) is 0 Å². The molecule has 48 heavy (non-hydrogen) atoms. The summed E-state index contributed by atoms with van der Waals surface area (Å²) >= 11 is 0. The highest BCUT2D eigenvalue weighted by molar-refractivity contribution is 6.15. The lowest BCUT2D eigenvalue weighted by Crippen LogP contribution is -2.65. The lowest BCUT2D eigenvalue weighted by molar-refractivity contribution is -0.173. The minimum absolute atomic E-state index is 0.0865. The van der Waals surface area contributed by atoms with Gasteiger partial charge in [0.05, 0.1) is 12.2 Å². The van der Waals surface area contributed by atoms with Gasteiger partial charge in [0.1, 0.15) is 37.5 Å². The Kier molecular flexibility index (Phi) is 14.7. The number of cyclic esters (lactones) is 1. The molecular weight excluding hydrogens is 603 g/mol. The summed E-state index contributed by atoms with van der Waals surface area (Å²) in [6.45, 7) is 17.9. The maximum Gasteiger partial charge on any atom is 0.316 e. The van der Waals surface area contributed by atoms with Crippen LogP contribution in [0.15, 0.2) is 43.1 Å². The lowest BCUT2D eigenvalue weighted by atomic mass is 9.63. The van der Waals surface area contributed by atoms with Crippen molar-refractivity contribution in [2.75, 3.05) is 18.8 Å². The molecule has 2 aromatic rings. The number of anilines is 1. The third-order valence-corrected chi connectivity index (χ3v) is 10.3. The van der Waals surface area contributed by atoms with Crippen LogP contribution in [0.25, 0.3) is 11.3 Å². The first-order valence-corrected chi connectivity index (χ1v) is 17.6. The second kappa shape index (κ2) is 18.2. The van der Waals surface area contributed by atoms with Gasteiger partial charge in [-0.15, -0.1) is 11.7 Å². The number of terminal acetylenes is 1. The summed E-state index contributed by atoms with van der Waals surface area (Å²) < 4.78 is 14.0. The Morgan fingerprint density at radius 1 is 1.29 bits per heavy atom. The van der Waals surface area contributed by atoms with E-state index in [9.17, 15) is 9.59 Å². The molecule has 10 nitrogen and oxygen atoms in total. The number of nitrogens with zero attached hydrogens (tertiary/aromatic N) is 3. The van der Waals surface area contributed by atoms with Gasteiger partial charge in [0, 0.05) is 29.8 Å². The van der Waals surface area contributed by atoms with Gasteiger partial charge < -0.3 is 25.8 Å². The van der Waals surface area contributed by atoms with Crippen LogP contribution in [-0.2, 0) is 25.6 Å². The standard InChI is InChI=1S/C37H57BN6O4/c1-9-15-29-20-24(4)22-41-27(7)35(40-18-12-13-19-44-23-31(42-43-44)28-16-14-17-30(39)21-28)37(8,47-11-3)32(10-2)48-36(46)26(6)34(45)25(5)33(29)38/h3,9,14,16-17,21,23-27,29,32-33,35,40-41H,1,10,12-13,15,18-20,22,38-39H2,2,4-8H3/t24-,25-,26-,27-,29+,32-,33-,35-,37-/m1/s1. The fraction of sp³-hybridized carbons (Fsp3) is 0.622. The van der Waals surface area contributed by atoms with E-state index in [1.54, 1.807) is 6.92 Å². The zero-order valence-corrected chi connectivity index (χ0v) is 30.1. The first-order chi connectivity index (χ1) is 22.9. The number of nitrogen functional groups attached to an aromatic ring is 1. The van der Waals surface area contributed by atoms with Crippen LogP contribution >= 0.6 is 0 Å². The molecule has 4 N–H and O–H groups in total. The van der Waals surface area contributed by atoms with Gasteiger partial charge in [0.25, 0.3) is 0 Å². The number of unbranched alkanes of at least 4 members (excludes halogenated alkanes) is 1. The summed E-state index contributed by atoms with van der Waals surface area (Å²) in [4.78, 5) is 27.1. The number of esters is 1. The lowest BCUT2D eigenvalue weighted by Gasteiger charge is -2.44. The van der Waals surface area contributed by atoms with E-state index in [4.69, 9.17) is 21.6 Å². The smallest absolute Gasteiger partial charge is 0.316 e. The number of benzene rings is 1. The van der Waals surface area contributed by atoms with Crippen LogP contribution < -0.4 is 16.4 Å². The molecule has 1 fully saturated rings.